The number of rotatable bonds is 5. The monoisotopic (exact) mass is 193 g/mol. The first-order valence-corrected chi connectivity index (χ1v) is 5.06. The van der Waals surface area contributed by atoms with Gasteiger partial charge in [-0.15, -0.1) is 0 Å². The zero-order chi connectivity index (χ0) is 10.4. The van der Waals surface area contributed by atoms with Gasteiger partial charge in [-0.3, -0.25) is 0 Å². The van der Waals surface area contributed by atoms with E-state index in [-0.39, 0.29) is 6.61 Å². The van der Waals surface area contributed by atoms with Crippen LogP contribution in [0.2, 0.25) is 0 Å². The molecule has 0 radical (unpaired) electrons. The molecule has 0 atom stereocenters. The lowest BCUT2D eigenvalue weighted by atomic mass is 10.1. The van der Waals surface area contributed by atoms with Crippen molar-refractivity contribution in [1.82, 2.24) is 4.90 Å². The van der Waals surface area contributed by atoms with Crippen LogP contribution in [0.5, 0.6) is 0 Å². The van der Waals surface area contributed by atoms with Crippen molar-refractivity contribution in [1.29, 1.82) is 0 Å². The van der Waals surface area contributed by atoms with Crippen molar-refractivity contribution in [3.63, 3.8) is 0 Å². The van der Waals surface area contributed by atoms with Crippen LogP contribution in [0.4, 0.5) is 0 Å². The maximum Gasteiger partial charge on any atom is 0.0471 e. The molecule has 2 heteroatoms. The molecule has 1 aromatic rings. The first-order valence-electron chi connectivity index (χ1n) is 5.06. The summed E-state index contributed by atoms with van der Waals surface area (Å²) in [6.45, 7) is 1.32. The second-order valence-electron chi connectivity index (χ2n) is 3.84. The Morgan fingerprint density at radius 1 is 1.00 bits per heavy atom. The Hall–Kier alpha value is -0.860. The molecule has 0 aliphatic heterocycles. The lowest BCUT2D eigenvalue weighted by Crippen LogP contribution is -2.14. The van der Waals surface area contributed by atoms with Crippen LogP contribution < -0.4 is 0 Å². The zero-order valence-electron chi connectivity index (χ0n) is 9.03. The molecule has 0 saturated carbocycles. The molecule has 2 nitrogen and oxygen atoms in total. The number of hydrogen-bond donors (Lipinski definition) is 1. The molecule has 0 saturated heterocycles. The van der Waals surface area contributed by atoms with Gasteiger partial charge in [0.2, 0.25) is 0 Å². The Balaban J connectivity index is 2.46. The fraction of sp³-hybridized carbons (Fsp3) is 0.500. The molecule has 0 aliphatic carbocycles. The number of hydrogen-bond acceptors (Lipinski definition) is 2. The SMILES string of the molecule is CN(C)CCc1ccc(CCO)cc1. The maximum atomic E-state index is 8.76. The molecular formula is C12H19NO. The van der Waals surface area contributed by atoms with Gasteiger partial charge in [0.25, 0.3) is 0 Å². The standard InChI is InChI=1S/C12H19NO/c1-13(2)9-7-11-3-5-12(6-4-11)8-10-14/h3-6,14H,7-10H2,1-2H3. The highest BCUT2D eigenvalue weighted by molar-refractivity contribution is 5.22. The van der Waals surface area contributed by atoms with E-state index < -0.39 is 0 Å². The predicted octanol–water partition coefficient (Wildman–Crippen LogP) is 1.33. The molecule has 0 spiro atoms. The van der Waals surface area contributed by atoms with Crippen LogP contribution in [0.25, 0.3) is 0 Å². The minimum Gasteiger partial charge on any atom is -0.396 e. The average molecular weight is 193 g/mol. The van der Waals surface area contributed by atoms with Gasteiger partial charge in [0.05, 0.1) is 0 Å². The van der Waals surface area contributed by atoms with Crippen LogP contribution in [0.3, 0.4) is 0 Å². The highest BCUT2D eigenvalue weighted by atomic mass is 16.2. The number of aliphatic hydroxyl groups excluding tert-OH is 1. The van der Waals surface area contributed by atoms with E-state index in [4.69, 9.17) is 5.11 Å². The van der Waals surface area contributed by atoms with Crippen LogP contribution in [0, 0.1) is 0 Å². The van der Waals surface area contributed by atoms with Gasteiger partial charge in [-0.25, -0.2) is 0 Å². The van der Waals surface area contributed by atoms with E-state index in [2.05, 4.69) is 43.3 Å². The summed E-state index contributed by atoms with van der Waals surface area (Å²) in [6, 6.07) is 8.49. The summed E-state index contributed by atoms with van der Waals surface area (Å²) in [4.78, 5) is 2.18. The van der Waals surface area contributed by atoms with Gasteiger partial charge in [0, 0.05) is 13.2 Å². The predicted molar refractivity (Wildman–Crippen MR) is 59.5 cm³/mol. The fourth-order valence-electron chi connectivity index (χ4n) is 1.35. The summed E-state index contributed by atoms with van der Waals surface area (Å²) in [5, 5.41) is 8.76. The second-order valence-corrected chi connectivity index (χ2v) is 3.84. The van der Waals surface area contributed by atoms with Crippen molar-refractivity contribution in [2.24, 2.45) is 0 Å². The normalized spacial score (nSPS) is 10.9. The molecule has 0 aromatic heterocycles. The summed E-state index contributed by atoms with van der Waals surface area (Å²) in [7, 11) is 4.17. The summed E-state index contributed by atoms with van der Waals surface area (Å²) in [6.07, 6.45) is 1.85. The Morgan fingerprint density at radius 3 is 1.93 bits per heavy atom. The van der Waals surface area contributed by atoms with Gasteiger partial charge in [-0.05, 0) is 38.1 Å². The highest BCUT2D eigenvalue weighted by Crippen LogP contribution is 2.05. The van der Waals surface area contributed by atoms with E-state index in [9.17, 15) is 0 Å². The molecule has 0 heterocycles. The van der Waals surface area contributed by atoms with E-state index in [0.717, 1.165) is 19.4 Å². The molecule has 0 fully saturated rings. The summed E-state index contributed by atoms with van der Waals surface area (Å²) >= 11 is 0. The van der Waals surface area contributed by atoms with E-state index in [1.807, 2.05) is 0 Å². The van der Waals surface area contributed by atoms with E-state index >= 15 is 0 Å². The molecule has 1 aromatic carbocycles. The number of benzene rings is 1. The van der Waals surface area contributed by atoms with E-state index in [1.54, 1.807) is 0 Å². The topological polar surface area (TPSA) is 23.5 Å². The summed E-state index contributed by atoms with van der Waals surface area (Å²) in [5.41, 5.74) is 2.57. The van der Waals surface area contributed by atoms with E-state index in [1.165, 1.54) is 11.1 Å². The fourth-order valence-corrected chi connectivity index (χ4v) is 1.35. The van der Waals surface area contributed by atoms with Gasteiger partial charge in [-0.2, -0.15) is 0 Å². The molecule has 0 aliphatic rings. The van der Waals surface area contributed by atoms with Crippen molar-refractivity contribution in [2.45, 2.75) is 12.8 Å². The van der Waals surface area contributed by atoms with Crippen molar-refractivity contribution in [3.05, 3.63) is 35.4 Å². The van der Waals surface area contributed by atoms with Crippen molar-refractivity contribution < 1.29 is 5.11 Å². The molecule has 78 valence electrons. The van der Waals surface area contributed by atoms with Crippen molar-refractivity contribution in [2.75, 3.05) is 27.2 Å². The van der Waals surface area contributed by atoms with E-state index in [0.29, 0.717) is 0 Å². The molecule has 14 heavy (non-hydrogen) atoms. The van der Waals surface area contributed by atoms with Crippen molar-refractivity contribution in [3.8, 4) is 0 Å². The molecule has 0 unspecified atom stereocenters. The lowest BCUT2D eigenvalue weighted by Gasteiger charge is -2.09. The first kappa shape index (κ1) is 11.2. The highest BCUT2D eigenvalue weighted by Gasteiger charge is 1.95. The number of likely N-dealkylation sites (N-methyl/N-ethyl adjacent to an activating group) is 1. The van der Waals surface area contributed by atoms with Gasteiger partial charge in [0.1, 0.15) is 0 Å². The van der Waals surface area contributed by atoms with Crippen LogP contribution in [0.1, 0.15) is 11.1 Å². The second kappa shape index (κ2) is 5.78. The van der Waals surface area contributed by atoms with Crippen LogP contribution >= 0.6 is 0 Å². The van der Waals surface area contributed by atoms with Crippen LogP contribution in [-0.2, 0) is 12.8 Å². The third-order valence-corrected chi connectivity index (χ3v) is 2.27. The van der Waals surface area contributed by atoms with Gasteiger partial charge in [0.15, 0.2) is 0 Å². The smallest absolute Gasteiger partial charge is 0.0471 e. The van der Waals surface area contributed by atoms with Crippen LogP contribution in [-0.4, -0.2) is 37.3 Å². The Bertz CT molecular complexity index is 254. The Labute approximate surface area is 86.2 Å². The molecule has 1 N–H and O–H groups in total. The molecule has 0 amide bonds. The maximum absolute atomic E-state index is 8.76. The number of nitrogens with zero attached hydrogens (tertiary/aromatic N) is 1. The number of aliphatic hydroxyl groups is 1. The third-order valence-electron chi connectivity index (χ3n) is 2.27. The van der Waals surface area contributed by atoms with Crippen molar-refractivity contribution >= 4 is 0 Å². The molecule has 1 rings (SSSR count). The average Bonchev–Trinajstić information content (AvgIpc) is 2.17. The third kappa shape index (κ3) is 3.90. The van der Waals surface area contributed by atoms with Gasteiger partial charge >= 0.3 is 0 Å². The zero-order valence-corrected chi connectivity index (χ0v) is 9.03. The summed E-state index contributed by atoms with van der Waals surface area (Å²) in [5.74, 6) is 0. The Kier molecular flexibility index (Phi) is 4.63. The molecular weight excluding hydrogens is 174 g/mol. The first-order chi connectivity index (χ1) is 6.72. The minimum atomic E-state index is 0.233. The minimum absolute atomic E-state index is 0.233. The largest absolute Gasteiger partial charge is 0.396 e. The van der Waals surface area contributed by atoms with Gasteiger partial charge in [-0.1, -0.05) is 24.3 Å². The Morgan fingerprint density at radius 2 is 1.50 bits per heavy atom. The lowest BCUT2D eigenvalue weighted by molar-refractivity contribution is 0.299. The van der Waals surface area contributed by atoms with Gasteiger partial charge < -0.3 is 10.0 Å². The quantitative estimate of drug-likeness (QED) is 0.762. The molecule has 0 bridgehead atoms. The summed E-state index contributed by atoms with van der Waals surface area (Å²) < 4.78 is 0. The van der Waals surface area contributed by atoms with Crippen LogP contribution in [0.15, 0.2) is 24.3 Å².